The molecule has 3 aromatic rings. The maximum atomic E-state index is 12.5. The van der Waals surface area contributed by atoms with Gasteiger partial charge in [-0.3, -0.25) is 4.79 Å². The van der Waals surface area contributed by atoms with Crippen LogP contribution in [0, 0.1) is 6.92 Å². The molecule has 2 aromatic carbocycles. The summed E-state index contributed by atoms with van der Waals surface area (Å²) in [4.78, 5) is 20.4. The van der Waals surface area contributed by atoms with Crippen molar-refractivity contribution in [3.05, 3.63) is 59.4 Å². The number of aromatic nitrogens is 2. The van der Waals surface area contributed by atoms with Crippen LogP contribution in [0.25, 0.3) is 11.0 Å². The molecular weight excluding hydrogens is 376 g/mol. The van der Waals surface area contributed by atoms with Crippen LogP contribution >= 0.6 is 0 Å². The Kier molecular flexibility index (Phi) is 5.81. The average Bonchev–Trinajstić information content (AvgIpc) is 3.08. The summed E-state index contributed by atoms with van der Waals surface area (Å²) in [5, 5.41) is 2.86. The molecule has 0 saturated heterocycles. The van der Waals surface area contributed by atoms with Crippen LogP contribution in [0.4, 0.5) is 0 Å². The van der Waals surface area contributed by atoms with Crippen LogP contribution in [0.15, 0.2) is 47.4 Å². The fourth-order valence-corrected chi connectivity index (χ4v) is 3.82. The highest BCUT2D eigenvalue weighted by molar-refractivity contribution is 7.89. The summed E-state index contributed by atoms with van der Waals surface area (Å²) in [6.45, 7) is 2.26. The molecule has 0 unspecified atom stereocenters. The Balaban J connectivity index is 1.61. The highest BCUT2D eigenvalue weighted by Gasteiger charge is 2.20. The molecule has 0 aliphatic heterocycles. The maximum absolute atomic E-state index is 12.5. The molecule has 0 bridgehead atoms. The van der Waals surface area contributed by atoms with Gasteiger partial charge >= 0.3 is 0 Å². The number of aromatic amines is 1. The second-order valence-electron chi connectivity index (χ2n) is 6.82. The fourth-order valence-electron chi connectivity index (χ4n) is 2.89. The minimum atomic E-state index is -3.58. The predicted molar refractivity (Wildman–Crippen MR) is 109 cm³/mol. The Morgan fingerprint density at radius 1 is 1.18 bits per heavy atom. The van der Waals surface area contributed by atoms with Gasteiger partial charge in [0.1, 0.15) is 5.82 Å². The summed E-state index contributed by atoms with van der Waals surface area (Å²) in [7, 11) is -0.652. The van der Waals surface area contributed by atoms with E-state index >= 15 is 0 Å². The molecule has 0 radical (unpaired) electrons. The van der Waals surface area contributed by atoms with Crippen LogP contribution in [-0.4, -0.2) is 49.2 Å². The van der Waals surface area contributed by atoms with Crippen molar-refractivity contribution in [2.45, 2.75) is 24.7 Å². The number of nitrogens with zero attached hydrogens (tertiary/aromatic N) is 2. The summed E-state index contributed by atoms with van der Waals surface area (Å²) in [6, 6.07) is 12.4. The van der Waals surface area contributed by atoms with Crippen molar-refractivity contribution in [3.8, 4) is 0 Å². The van der Waals surface area contributed by atoms with E-state index in [4.69, 9.17) is 0 Å². The second kappa shape index (κ2) is 8.12. The van der Waals surface area contributed by atoms with Gasteiger partial charge in [0.05, 0.1) is 15.9 Å². The molecule has 0 spiro atoms. The zero-order valence-electron chi connectivity index (χ0n) is 16.2. The summed E-state index contributed by atoms with van der Waals surface area (Å²) < 4.78 is 25.7. The van der Waals surface area contributed by atoms with Crippen molar-refractivity contribution < 1.29 is 13.2 Å². The molecule has 0 fully saturated rings. The molecule has 1 aromatic heterocycles. The van der Waals surface area contributed by atoms with Gasteiger partial charge in [-0.25, -0.2) is 17.7 Å². The summed E-state index contributed by atoms with van der Waals surface area (Å²) in [5.74, 6) is 0.601. The fraction of sp³-hybridized carbons (Fsp3) is 0.300. The molecule has 0 atom stereocenters. The lowest BCUT2D eigenvalue weighted by molar-refractivity contribution is 0.0952. The van der Waals surface area contributed by atoms with Crippen molar-refractivity contribution in [2.75, 3.05) is 20.6 Å². The SMILES string of the molecule is Cc1ccc(S(=O)(=O)N(C)C)cc1C(=O)NCCCc1nc2ccccc2[nH]1. The molecule has 1 heterocycles. The molecule has 3 rings (SSSR count). The van der Waals surface area contributed by atoms with E-state index in [2.05, 4.69) is 15.3 Å². The van der Waals surface area contributed by atoms with Crippen molar-refractivity contribution in [1.29, 1.82) is 0 Å². The van der Waals surface area contributed by atoms with Gasteiger partial charge in [0.15, 0.2) is 0 Å². The first-order valence-corrected chi connectivity index (χ1v) is 10.5. The number of imidazole rings is 1. The van der Waals surface area contributed by atoms with Gasteiger partial charge < -0.3 is 10.3 Å². The van der Waals surface area contributed by atoms with E-state index in [0.29, 0.717) is 18.5 Å². The number of aryl methyl sites for hydroxylation is 2. The average molecular weight is 401 g/mol. The number of hydrogen-bond acceptors (Lipinski definition) is 4. The highest BCUT2D eigenvalue weighted by atomic mass is 32.2. The smallest absolute Gasteiger partial charge is 0.251 e. The number of amides is 1. The first-order valence-electron chi connectivity index (χ1n) is 9.04. The Morgan fingerprint density at radius 3 is 2.64 bits per heavy atom. The first kappa shape index (κ1) is 20.0. The molecule has 0 saturated carbocycles. The van der Waals surface area contributed by atoms with Gasteiger partial charge in [0.2, 0.25) is 10.0 Å². The van der Waals surface area contributed by atoms with Crippen molar-refractivity contribution >= 4 is 27.0 Å². The number of rotatable bonds is 7. The van der Waals surface area contributed by atoms with Crippen molar-refractivity contribution in [1.82, 2.24) is 19.6 Å². The number of H-pyrrole nitrogens is 1. The number of carbonyl (C=O) groups excluding carboxylic acids is 1. The van der Waals surface area contributed by atoms with E-state index in [1.165, 1.54) is 26.2 Å². The summed E-state index contributed by atoms with van der Waals surface area (Å²) in [6.07, 6.45) is 1.43. The lowest BCUT2D eigenvalue weighted by Crippen LogP contribution is -2.27. The standard InChI is InChI=1S/C20H24N4O3S/c1-14-10-11-15(28(26,27)24(2)3)13-16(14)20(25)21-12-6-9-19-22-17-7-4-5-8-18(17)23-19/h4-5,7-8,10-11,13H,6,9,12H2,1-3H3,(H,21,25)(H,22,23). The third-order valence-corrected chi connectivity index (χ3v) is 6.36. The van der Waals surface area contributed by atoms with Crippen LogP contribution in [-0.2, 0) is 16.4 Å². The Labute approximate surface area is 164 Å². The van der Waals surface area contributed by atoms with Crippen LogP contribution in [0.1, 0.15) is 28.2 Å². The van der Waals surface area contributed by atoms with Gasteiger partial charge in [0.25, 0.3) is 5.91 Å². The van der Waals surface area contributed by atoms with E-state index in [9.17, 15) is 13.2 Å². The lowest BCUT2D eigenvalue weighted by Gasteiger charge is -2.14. The Hall–Kier alpha value is -2.71. The van der Waals surface area contributed by atoms with Gasteiger partial charge in [0, 0.05) is 32.6 Å². The number of nitrogens with one attached hydrogen (secondary N) is 2. The highest BCUT2D eigenvalue weighted by Crippen LogP contribution is 2.18. The molecule has 0 aliphatic carbocycles. The largest absolute Gasteiger partial charge is 0.352 e. The third kappa shape index (κ3) is 4.23. The summed E-state index contributed by atoms with van der Waals surface area (Å²) >= 11 is 0. The number of hydrogen-bond donors (Lipinski definition) is 2. The maximum Gasteiger partial charge on any atom is 0.251 e. The minimum Gasteiger partial charge on any atom is -0.352 e. The number of benzene rings is 2. The zero-order valence-corrected chi connectivity index (χ0v) is 17.0. The molecular formula is C20H24N4O3S. The monoisotopic (exact) mass is 400 g/mol. The van der Waals surface area contributed by atoms with Crippen molar-refractivity contribution in [3.63, 3.8) is 0 Å². The number of fused-ring (bicyclic) bond motifs is 1. The van der Waals surface area contributed by atoms with Gasteiger partial charge in [-0.2, -0.15) is 0 Å². The Morgan fingerprint density at radius 2 is 1.93 bits per heavy atom. The van der Waals surface area contributed by atoms with E-state index < -0.39 is 10.0 Å². The van der Waals surface area contributed by atoms with Crippen molar-refractivity contribution in [2.24, 2.45) is 0 Å². The quantitative estimate of drug-likeness (QED) is 0.596. The van der Waals surface area contributed by atoms with E-state index in [0.717, 1.165) is 33.1 Å². The van der Waals surface area contributed by atoms with E-state index in [-0.39, 0.29) is 10.8 Å². The number of para-hydroxylation sites is 2. The first-order chi connectivity index (χ1) is 13.3. The molecule has 7 nitrogen and oxygen atoms in total. The van der Waals surface area contributed by atoms with E-state index in [1.54, 1.807) is 13.0 Å². The Bertz CT molecular complexity index is 1070. The lowest BCUT2D eigenvalue weighted by atomic mass is 10.1. The topological polar surface area (TPSA) is 95.2 Å². The molecule has 28 heavy (non-hydrogen) atoms. The molecule has 8 heteroatoms. The molecule has 0 aliphatic rings. The van der Waals surface area contributed by atoms with Gasteiger partial charge in [-0.15, -0.1) is 0 Å². The zero-order chi connectivity index (χ0) is 20.3. The number of carbonyl (C=O) groups is 1. The third-order valence-electron chi connectivity index (χ3n) is 4.55. The molecule has 2 N–H and O–H groups in total. The predicted octanol–water partition coefficient (Wildman–Crippen LogP) is 2.48. The molecule has 148 valence electrons. The summed E-state index contributed by atoms with van der Waals surface area (Å²) in [5.41, 5.74) is 3.02. The second-order valence-corrected chi connectivity index (χ2v) is 8.98. The minimum absolute atomic E-state index is 0.107. The van der Waals surface area contributed by atoms with Crippen LogP contribution in [0.2, 0.25) is 0 Å². The van der Waals surface area contributed by atoms with Crippen LogP contribution in [0.5, 0.6) is 0 Å². The van der Waals surface area contributed by atoms with Crippen LogP contribution in [0.3, 0.4) is 0 Å². The molecule has 1 amide bonds. The van der Waals surface area contributed by atoms with E-state index in [1.807, 2.05) is 24.3 Å². The number of sulfonamides is 1. The van der Waals surface area contributed by atoms with Gasteiger partial charge in [-0.1, -0.05) is 18.2 Å². The normalized spacial score (nSPS) is 11.9. The van der Waals surface area contributed by atoms with Crippen LogP contribution < -0.4 is 5.32 Å². The van der Waals surface area contributed by atoms with Gasteiger partial charge in [-0.05, 0) is 43.2 Å².